The summed E-state index contributed by atoms with van der Waals surface area (Å²) in [6.45, 7) is 0. The average molecular weight is 151 g/mol. The largest absolute Gasteiger partial charge is 1.00 e. The van der Waals surface area contributed by atoms with E-state index in [-0.39, 0.29) is 42.8 Å². The quantitative estimate of drug-likeness (QED) is 0.331. The number of nitrogen functional groups attached to an aromatic ring is 1. The summed E-state index contributed by atoms with van der Waals surface area (Å²) >= 11 is 0. The van der Waals surface area contributed by atoms with E-state index in [1.807, 2.05) is 0 Å². The van der Waals surface area contributed by atoms with Gasteiger partial charge in [-0.15, -0.1) is 0 Å². The number of rotatable bonds is 0. The number of aromatic nitrogens is 2. The molecule has 1 aromatic rings. The zero-order valence-electron chi connectivity index (χ0n) is 6.46. The first-order chi connectivity index (χ1) is 4.18. The molecule has 1 aromatic heterocycles. The van der Waals surface area contributed by atoms with Crippen molar-refractivity contribution in [1.29, 1.82) is 0 Å². The van der Waals surface area contributed by atoms with Crippen LogP contribution in [0, 0.1) is 0 Å². The number of nitrogens with one attached hydrogen (secondary N) is 1. The molecule has 0 saturated carbocycles. The summed E-state index contributed by atoms with van der Waals surface area (Å²) in [7, 11) is 0. The fraction of sp³-hybridized carbons (Fsp3) is 0. The number of hydrogen-bond donors (Lipinski definition) is 3. The first kappa shape index (κ1) is 9.48. The molecule has 0 amide bonds. The minimum Gasteiger partial charge on any atom is -1.00 e. The first-order valence-corrected chi connectivity index (χ1v) is 2.24. The second-order valence-corrected chi connectivity index (χ2v) is 1.49. The molecule has 5 nitrogen and oxygen atoms in total. The van der Waals surface area contributed by atoms with E-state index < -0.39 is 5.56 Å². The molecule has 0 saturated heterocycles. The Morgan fingerprint density at radius 2 is 2.40 bits per heavy atom. The molecule has 0 bridgehead atoms. The van der Waals surface area contributed by atoms with E-state index >= 15 is 0 Å². The molecule has 0 fully saturated rings. The van der Waals surface area contributed by atoms with Crippen molar-refractivity contribution in [2.45, 2.75) is 0 Å². The number of aromatic amines is 1. The Bertz CT molecular complexity index is 253. The SMILES string of the molecule is Nc1nc(O)cc(=O)[nH]1.[H-].[Na+]. The molecule has 0 unspecified atom stereocenters. The zero-order valence-corrected chi connectivity index (χ0v) is 7.46. The van der Waals surface area contributed by atoms with Crippen molar-refractivity contribution in [2.24, 2.45) is 0 Å². The number of nitrogens with two attached hydrogens (primary N) is 1. The summed E-state index contributed by atoms with van der Waals surface area (Å²) in [5.74, 6) is -0.448. The molecule has 0 spiro atoms. The summed E-state index contributed by atoms with van der Waals surface area (Å²) in [4.78, 5) is 15.8. The molecule has 0 aliphatic rings. The Hall–Kier alpha value is -0.520. The van der Waals surface area contributed by atoms with Crippen LogP contribution in [0.25, 0.3) is 0 Å². The van der Waals surface area contributed by atoms with Crippen LogP contribution in [0.5, 0.6) is 5.88 Å². The second kappa shape index (κ2) is 3.60. The van der Waals surface area contributed by atoms with E-state index in [0.717, 1.165) is 6.07 Å². The van der Waals surface area contributed by atoms with Crippen molar-refractivity contribution >= 4 is 5.95 Å². The molecule has 1 heterocycles. The van der Waals surface area contributed by atoms with Crippen LogP contribution in [0.3, 0.4) is 0 Å². The molecule has 0 radical (unpaired) electrons. The van der Waals surface area contributed by atoms with Gasteiger partial charge in [-0.1, -0.05) is 0 Å². The van der Waals surface area contributed by atoms with Gasteiger partial charge in [-0.3, -0.25) is 9.78 Å². The summed E-state index contributed by atoms with van der Waals surface area (Å²) < 4.78 is 0. The molecular formula is C4H6N3NaO2. The molecule has 0 aliphatic carbocycles. The number of H-pyrrole nitrogens is 1. The van der Waals surface area contributed by atoms with E-state index in [4.69, 9.17) is 10.8 Å². The van der Waals surface area contributed by atoms with Gasteiger partial charge in [0.2, 0.25) is 11.8 Å². The Kier molecular flexibility index (Phi) is 3.41. The van der Waals surface area contributed by atoms with Crippen LogP contribution < -0.4 is 40.9 Å². The van der Waals surface area contributed by atoms with E-state index in [0.29, 0.717) is 0 Å². The number of aromatic hydroxyl groups is 1. The molecular weight excluding hydrogens is 145 g/mol. The van der Waals surface area contributed by atoms with Gasteiger partial charge in [0.25, 0.3) is 5.56 Å². The first-order valence-electron chi connectivity index (χ1n) is 2.24. The third kappa shape index (κ3) is 2.38. The smallest absolute Gasteiger partial charge is 1.00 e. The number of anilines is 1. The van der Waals surface area contributed by atoms with E-state index in [1.165, 1.54) is 0 Å². The third-order valence-corrected chi connectivity index (χ3v) is 0.746. The van der Waals surface area contributed by atoms with Gasteiger partial charge in [-0.05, 0) is 0 Å². The van der Waals surface area contributed by atoms with Gasteiger partial charge in [-0.2, -0.15) is 4.98 Å². The minimum atomic E-state index is -0.458. The van der Waals surface area contributed by atoms with Crippen molar-refractivity contribution < 1.29 is 36.1 Å². The molecule has 50 valence electrons. The fourth-order valence-electron chi connectivity index (χ4n) is 0.463. The van der Waals surface area contributed by atoms with Crippen molar-refractivity contribution in [1.82, 2.24) is 9.97 Å². The Morgan fingerprint density at radius 3 is 2.80 bits per heavy atom. The molecule has 0 atom stereocenters. The monoisotopic (exact) mass is 151 g/mol. The van der Waals surface area contributed by atoms with Gasteiger partial charge < -0.3 is 12.3 Å². The number of nitrogens with zero attached hydrogens (tertiary/aromatic N) is 1. The molecule has 6 heteroatoms. The van der Waals surface area contributed by atoms with Crippen LogP contribution >= 0.6 is 0 Å². The molecule has 4 N–H and O–H groups in total. The van der Waals surface area contributed by atoms with Crippen molar-refractivity contribution in [3.05, 3.63) is 16.4 Å². The maximum atomic E-state index is 10.4. The summed E-state index contributed by atoms with van der Waals surface area (Å²) in [5.41, 5.74) is 4.57. The van der Waals surface area contributed by atoms with Crippen molar-refractivity contribution in [3.8, 4) is 5.88 Å². The predicted octanol–water partition coefficient (Wildman–Crippen LogP) is -3.83. The van der Waals surface area contributed by atoms with Crippen molar-refractivity contribution in [3.63, 3.8) is 0 Å². The minimum absolute atomic E-state index is 0. The van der Waals surface area contributed by atoms with E-state index in [9.17, 15) is 4.79 Å². The van der Waals surface area contributed by atoms with Gasteiger partial charge in [-0.25, -0.2) is 0 Å². The Labute approximate surface area is 80.1 Å². The topological polar surface area (TPSA) is 92.0 Å². The van der Waals surface area contributed by atoms with E-state index in [2.05, 4.69) is 9.97 Å². The second-order valence-electron chi connectivity index (χ2n) is 1.49. The van der Waals surface area contributed by atoms with Crippen LogP contribution in [0.4, 0.5) is 5.95 Å². The average Bonchev–Trinajstić information content (AvgIpc) is 1.59. The van der Waals surface area contributed by atoms with Gasteiger partial charge in [0, 0.05) is 0 Å². The molecule has 10 heavy (non-hydrogen) atoms. The van der Waals surface area contributed by atoms with Crippen LogP contribution in [0.15, 0.2) is 10.9 Å². The Balaban J connectivity index is 0. The molecule has 0 aromatic carbocycles. The number of hydrogen-bond acceptors (Lipinski definition) is 4. The summed E-state index contributed by atoms with van der Waals surface area (Å²) in [5, 5.41) is 8.58. The third-order valence-electron chi connectivity index (χ3n) is 0.746. The fourth-order valence-corrected chi connectivity index (χ4v) is 0.463. The Morgan fingerprint density at radius 1 is 1.80 bits per heavy atom. The molecule has 1 rings (SSSR count). The maximum Gasteiger partial charge on any atom is 1.00 e. The van der Waals surface area contributed by atoms with Crippen LogP contribution in [-0.4, -0.2) is 15.1 Å². The standard InChI is InChI=1S/C4H5N3O2.Na.H/c5-4-6-2(8)1-3(9)7-4;;/h1H,(H4,5,6,7,8,9);;/q;+1;-1. The van der Waals surface area contributed by atoms with Crippen LogP contribution in [0.2, 0.25) is 0 Å². The van der Waals surface area contributed by atoms with Gasteiger partial charge >= 0.3 is 29.6 Å². The summed E-state index contributed by atoms with van der Waals surface area (Å²) in [6, 6.07) is 0.941. The van der Waals surface area contributed by atoms with Crippen LogP contribution in [0.1, 0.15) is 1.43 Å². The maximum absolute atomic E-state index is 10.4. The van der Waals surface area contributed by atoms with Gasteiger partial charge in [0.1, 0.15) is 0 Å². The van der Waals surface area contributed by atoms with E-state index in [1.54, 1.807) is 0 Å². The van der Waals surface area contributed by atoms with Gasteiger partial charge in [0.15, 0.2) is 0 Å². The summed E-state index contributed by atoms with van der Waals surface area (Å²) in [6.07, 6.45) is 0. The predicted molar refractivity (Wildman–Crippen MR) is 32.0 cm³/mol. The van der Waals surface area contributed by atoms with Crippen molar-refractivity contribution in [2.75, 3.05) is 5.73 Å². The van der Waals surface area contributed by atoms with Gasteiger partial charge in [0.05, 0.1) is 6.07 Å². The normalized spacial score (nSPS) is 8.40. The van der Waals surface area contributed by atoms with Crippen LogP contribution in [-0.2, 0) is 0 Å². The molecule has 0 aliphatic heterocycles. The zero-order chi connectivity index (χ0) is 6.85.